The van der Waals surface area contributed by atoms with E-state index in [4.69, 9.17) is 9.47 Å². The molecule has 1 saturated heterocycles. The zero-order valence-electron chi connectivity index (χ0n) is 14.0. The lowest BCUT2D eigenvalue weighted by Gasteiger charge is -2.12. The first kappa shape index (κ1) is 18.8. The van der Waals surface area contributed by atoms with Crippen LogP contribution in [0.15, 0.2) is 21.5 Å². The van der Waals surface area contributed by atoms with E-state index in [1.165, 1.54) is 0 Å². The summed E-state index contributed by atoms with van der Waals surface area (Å²) >= 11 is 4.23. The third kappa shape index (κ3) is 4.04. The zero-order valence-corrected chi connectivity index (χ0v) is 16.4. The number of halogens is 1. The number of benzene rings is 1. The van der Waals surface area contributed by atoms with Crippen LogP contribution in [0.25, 0.3) is 6.08 Å². The normalized spacial score (nSPS) is 17.3. The third-order valence-electron chi connectivity index (χ3n) is 3.81. The molecule has 1 aromatic rings. The number of carbonyl (C=O) groups excluding carboxylic acids is 3. The van der Waals surface area contributed by atoms with Crippen molar-refractivity contribution in [2.45, 2.75) is 19.8 Å². The lowest BCUT2D eigenvalue weighted by Crippen LogP contribution is -2.39. The number of nitrogens with zero attached hydrogens (tertiary/aromatic N) is 1. The Kier molecular flexibility index (Phi) is 5.87. The summed E-state index contributed by atoms with van der Waals surface area (Å²) in [5.74, 6) is 0.376. The predicted octanol–water partition coefficient (Wildman–Crippen LogP) is 3.13. The Morgan fingerprint density at radius 1 is 1.35 bits per heavy atom. The molecule has 0 spiro atoms. The topological polar surface area (TPSA) is 84.9 Å². The van der Waals surface area contributed by atoms with E-state index in [1.807, 2.05) is 6.92 Å². The second kappa shape index (κ2) is 8.13. The summed E-state index contributed by atoms with van der Waals surface area (Å²) in [6, 6.07) is 3.48. The molecule has 1 fully saturated rings. The van der Waals surface area contributed by atoms with Crippen LogP contribution >= 0.6 is 27.7 Å². The molecular formula is C17H17BrN2O5S. The minimum atomic E-state index is -0.477. The van der Waals surface area contributed by atoms with Crippen molar-refractivity contribution in [2.75, 3.05) is 19.9 Å². The first-order valence-corrected chi connectivity index (χ1v) is 9.71. The molecule has 2 aliphatic heterocycles. The van der Waals surface area contributed by atoms with Crippen molar-refractivity contribution in [1.29, 1.82) is 0 Å². The number of amides is 3. The van der Waals surface area contributed by atoms with E-state index in [2.05, 4.69) is 21.2 Å². The zero-order chi connectivity index (χ0) is 18.7. The van der Waals surface area contributed by atoms with Gasteiger partial charge in [0.25, 0.3) is 11.1 Å². The molecule has 2 aliphatic rings. The van der Waals surface area contributed by atoms with E-state index in [0.717, 1.165) is 29.5 Å². The third-order valence-corrected chi connectivity index (χ3v) is 5.40. The number of unbranched alkanes of at least 4 members (excludes halogenated alkanes) is 1. The number of hydrogen-bond donors (Lipinski definition) is 1. The summed E-state index contributed by atoms with van der Waals surface area (Å²) in [6.07, 6.45) is 3.41. The first-order chi connectivity index (χ1) is 12.5. The van der Waals surface area contributed by atoms with Gasteiger partial charge in [0, 0.05) is 11.0 Å². The highest BCUT2D eigenvalue weighted by molar-refractivity contribution is 9.10. The fraction of sp³-hybridized carbons (Fsp3) is 0.353. The van der Waals surface area contributed by atoms with Crippen LogP contribution in [-0.2, 0) is 9.59 Å². The molecule has 0 aromatic heterocycles. The van der Waals surface area contributed by atoms with E-state index in [-0.39, 0.29) is 24.2 Å². The van der Waals surface area contributed by atoms with Crippen molar-refractivity contribution >= 4 is 50.8 Å². The van der Waals surface area contributed by atoms with Crippen molar-refractivity contribution < 1.29 is 23.9 Å². The number of ether oxygens (including phenoxy) is 2. The second-order valence-corrected chi connectivity index (χ2v) is 7.55. The van der Waals surface area contributed by atoms with Crippen LogP contribution in [0.5, 0.6) is 11.5 Å². The number of carbonyl (C=O) groups is 3. The van der Waals surface area contributed by atoms with E-state index >= 15 is 0 Å². The standard InChI is InChI=1S/C17H17BrN2O5S/c1-2-3-4-19-15(21)8-20-16(22)14(26-17(20)23)6-10-5-12-13(7-11(10)18)25-9-24-12/h5-7H,2-4,8-9H2,1H3,(H,19,21)/b14-6-. The van der Waals surface area contributed by atoms with Gasteiger partial charge >= 0.3 is 0 Å². The monoisotopic (exact) mass is 440 g/mol. The van der Waals surface area contributed by atoms with Crippen LogP contribution in [0, 0.1) is 0 Å². The Hall–Kier alpha value is -2.00. The van der Waals surface area contributed by atoms with Gasteiger partial charge in [0.15, 0.2) is 11.5 Å². The number of rotatable bonds is 6. The smallest absolute Gasteiger partial charge is 0.294 e. The van der Waals surface area contributed by atoms with Gasteiger partial charge in [-0.25, -0.2) is 0 Å². The molecule has 0 radical (unpaired) electrons. The molecule has 3 rings (SSSR count). The van der Waals surface area contributed by atoms with Gasteiger partial charge in [0.1, 0.15) is 6.54 Å². The highest BCUT2D eigenvalue weighted by atomic mass is 79.9. The van der Waals surface area contributed by atoms with Gasteiger partial charge in [-0.05, 0) is 42.0 Å². The van der Waals surface area contributed by atoms with Crippen LogP contribution in [0.1, 0.15) is 25.3 Å². The molecule has 7 nitrogen and oxygen atoms in total. The number of imide groups is 1. The maximum atomic E-state index is 12.5. The molecule has 0 bridgehead atoms. The average molecular weight is 441 g/mol. The van der Waals surface area contributed by atoms with Crippen molar-refractivity contribution in [3.05, 3.63) is 27.1 Å². The summed E-state index contributed by atoms with van der Waals surface area (Å²) in [5.41, 5.74) is 0.687. The van der Waals surface area contributed by atoms with Crippen molar-refractivity contribution in [2.24, 2.45) is 0 Å². The fourth-order valence-corrected chi connectivity index (χ4v) is 3.69. The molecule has 2 heterocycles. The summed E-state index contributed by atoms with van der Waals surface area (Å²) in [7, 11) is 0. The molecule has 0 unspecified atom stereocenters. The first-order valence-electron chi connectivity index (χ1n) is 8.10. The summed E-state index contributed by atoms with van der Waals surface area (Å²) in [4.78, 5) is 37.7. The van der Waals surface area contributed by atoms with Crippen molar-refractivity contribution in [1.82, 2.24) is 10.2 Å². The van der Waals surface area contributed by atoms with Crippen molar-refractivity contribution in [3.63, 3.8) is 0 Å². The predicted molar refractivity (Wildman–Crippen MR) is 101 cm³/mol. The fourth-order valence-electron chi connectivity index (χ4n) is 2.43. The molecule has 1 N–H and O–H groups in total. The molecule has 26 heavy (non-hydrogen) atoms. The minimum absolute atomic E-state index is 0.148. The molecule has 138 valence electrons. The summed E-state index contributed by atoms with van der Waals surface area (Å²) in [5, 5.41) is 2.25. The molecule has 9 heteroatoms. The summed E-state index contributed by atoms with van der Waals surface area (Å²) in [6.45, 7) is 2.43. The van der Waals surface area contributed by atoms with Gasteiger partial charge in [-0.3, -0.25) is 19.3 Å². The van der Waals surface area contributed by atoms with Crippen LogP contribution in [0.3, 0.4) is 0 Å². The maximum absolute atomic E-state index is 12.5. The number of fused-ring (bicyclic) bond motifs is 1. The molecule has 0 aliphatic carbocycles. The Morgan fingerprint density at radius 2 is 2.08 bits per heavy atom. The van der Waals surface area contributed by atoms with E-state index in [1.54, 1.807) is 18.2 Å². The Bertz CT molecular complexity index is 796. The van der Waals surface area contributed by atoms with Crippen LogP contribution in [0.2, 0.25) is 0 Å². The largest absolute Gasteiger partial charge is 0.454 e. The van der Waals surface area contributed by atoms with Gasteiger partial charge in [-0.15, -0.1) is 0 Å². The van der Waals surface area contributed by atoms with E-state index in [0.29, 0.717) is 28.1 Å². The van der Waals surface area contributed by atoms with Crippen molar-refractivity contribution in [3.8, 4) is 11.5 Å². The van der Waals surface area contributed by atoms with Gasteiger partial charge in [0.05, 0.1) is 4.91 Å². The molecule has 0 saturated carbocycles. The second-order valence-electron chi connectivity index (χ2n) is 5.70. The minimum Gasteiger partial charge on any atom is -0.454 e. The SMILES string of the molecule is CCCCNC(=O)CN1C(=O)S/C(=C\c2cc3c(cc2Br)OCO3)C1=O. The highest BCUT2D eigenvalue weighted by Crippen LogP contribution is 2.39. The quantitative estimate of drug-likeness (QED) is 0.540. The number of hydrogen-bond acceptors (Lipinski definition) is 6. The van der Waals surface area contributed by atoms with Crippen LogP contribution in [-0.4, -0.2) is 41.8 Å². The van der Waals surface area contributed by atoms with E-state index < -0.39 is 11.1 Å². The van der Waals surface area contributed by atoms with E-state index in [9.17, 15) is 14.4 Å². The van der Waals surface area contributed by atoms with Gasteiger partial charge in [0.2, 0.25) is 12.7 Å². The summed E-state index contributed by atoms with van der Waals surface area (Å²) < 4.78 is 11.3. The van der Waals surface area contributed by atoms with Gasteiger partial charge in [-0.1, -0.05) is 29.3 Å². The Balaban J connectivity index is 1.72. The lowest BCUT2D eigenvalue weighted by atomic mass is 10.2. The Labute approximate surface area is 163 Å². The number of thioether (sulfide) groups is 1. The Morgan fingerprint density at radius 3 is 2.81 bits per heavy atom. The van der Waals surface area contributed by atoms with Gasteiger partial charge in [-0.2, -0.15) is 0 Å². The molecule has 1 aromatic carbocycles. The average Bonchev–Trinajstić information content (AvgIpc) is 3.15. The lowest BCUT2D eigenvalue weighted by molar-refractivity contribution is -0.129. The molecule has 3 amide bonds. The molecule has 0 atom stereocenters. The molecular weight excluding hydrogens is 424 g/mol. The van der Waals surface area contributed by atoms with Crippen LogP contribution < -0.4 is 14.8 Å². The van der Waals surface area contributed by atoms with Gasteiger partial charge < -0.3 is 14.8 Å². The van der Waals surface area contributed by atoms with Crippen LogP contribution in [0.4, 0.5) is 4.79 Å². The highest BCUT2D eigenvalue weighted by Gasteiger charge is 2.36. The number of nitrogens with one attached hydrogen (secondary N) is 1. The maximum Gasteiger partial charge on any atom is 0.294 e.